The summed E-state index contributed by atoms with van der Waals surface area (Å²) in [6.07, 6.45) is 3.52. The molecule has 5 nitrogen and oxygen atoms in total. The SMILES string of the molecule is O=C(O)C1CCC(C(=O)Nc2cc3cc(Br)cc(F)c3cn2)CC1. The summed E-state index contributed by atoms with van der Waals surface area (Å²) in [6, 6.07) is 4.75. The normalized spacial score (nSPS) is 20.8. The summed E-state index contributed by atoms with van der Waals surface area (Å²) < 4.78 is 14.4. The topological polar surface area (TPSA) is 79.3 Å². The second kappa shape index (κ2) is 6.84. The number of amides is 1. The predicted molar refractivity (Wildman–Crippen MR) is 91.1 cm³/mol. The number of hydrogen-bond donors (Lipinski definition) is 2. The lowest BCUT2D eigenvalue weighted by Gasteiger charge is -2.25. The molecule has 126 valence electrons. The van der Waals surface area contributed by atoms with E-state index < -0.39 is 5.97 Å². The van der Waals surface area contributed by atoms with Gasteiger partial charge >= 0.3 is 5.97 Å². The van der Waals surface area contributed by atoms with Crippen molar-refractivity contribution in [2.45, 2.75) is 25.7 Å². The minimum Gasteiger partial charge on any atom is -0.481 e. The van der Waals surface area contributed by atoms with Crippen molar-refractivity contribution in [3.05, 3.63) is 34.7 Å². The molecule has 0 bridgehead atoms. The minimum atomic E-state index is -0.794. The van der Waals surface area contributed by atoms with Gasteiger partial charge in [0.05, 0.1) is 5.92 Å². The summed E-state index contributed by atoms with van der Waals surface area (Å²) >= 11 is 3.24. The maximum atomic E-state index is 13.8. The van der Waals surface area contributed by atoms with Crippen molar-refractivity contribution in [1.29, 1.82) is 0 Å². The third-order valence-electron chi connectivity index (χ3n) is 4.45. The van der Waals surface area contributed by atoms with Gasteiger partial charge in [-0.15, -0.1) is 0 Å². The average Bonchev–Trinajstić information content (AvgIpc) is 2.54. The fourth-order valence-electron chi connectivity index (χ4n) is 3.08. The van der Waals surface area contributed by atoms with Crippen molar-refractivity contribution in [1.82, 2.24) is 4.98 Å². The van der Waals surface area contributed by atoms with Gasteiger partial charge in [-0.2, -0.15) is 0 Å². The standard InChI is InChI=1S/C17H16BrFN2O3/c18-12-5-11-6-15(20-8-13(11)14(19)7-12)21-16(22)9-1-3-10(4-2-9)17(23)24/h5-10H,1-4H2,(H,23,24)(H,20,21,22). The lowest BCUT2D eigenvalue weighted by molar-refractivity contribution is -0.143. The minimum absolute atomic E-state index is 0.166. The van der Waals surface area contributed by atoms with Gasteiger partial charge in [0.15, 0.2) is 0 Å². The second-order valence-electron chi connectivity index (χ2n) is 6.05. The van der Waals surface area contributed by atoms with Crippen LogP contribution < -0.4 is 5.32 Å². The van der Waals surface area contributed by atoms with Crippen LogP contribution in [0.1, 0.15) is 25.7 Å². The maximum Gasteiger partial charge on any atom is 0.306 e. The van der Waals surface area contributed by atoms with E-state index in [2.05, 4.69) is 26.2 Å². The first-order chi connectivity index (χ1) is 11.4. The highest BCUT2D eigenvalue weighted by molar-refractivity contribution is 9.10. The molecule has 1 aliphatic carbocycles. The molecular formula is C17H16BrFN2O3. The number of aliphatic carboxylic acids is 1. The molecule has 2 aromatic rings. The van der Waals surface area contributed by atoms with Gasteiger partial charge < -0.3 is 10.4 Å². The van der Waals surface area contributed by atoms with Crippen molar-refractivity contribution in [3.8, 4) is 0 Å². The zero-order valence-corrected chi connectivity index (χ0v) is 14.3. The highest BCUT2D eigenvalue weighted by atomic mass is 79.9. The molecule has 24 heavy (non-hydrogen) atoms. The van der Waals surface area contributed by atoms with E-state index in [-0.39, 0.29) is 23.6 Å². The maximum absolute atomic E-state index is 13.8. The van der Waals surface area contributed by atoms with Crippen LogP contribution in [0.3, 0.4) is 0 Å². The molecule has 7 heteroatoms. The molecular weight excluding hydrogens is 379 g/mol. The molecule has 0 saturated heterocycles. The van der Waals surface area contributed by atoms with Crippen LogP contribution in [0.5, 0.6) is 0 Å². The summed E-state index contributed by atoms with van der Waals surface area (Å²) in [5.74, 6) is -1.54. The fraction of sp³-hybridized carbons (Fsp3) is 0.353. The molecule has 0 spiro atoms. The summed E-state index contributed by atoms with van der Waals surface area (Å²) in [7, 11) is 0. The first-order valence-electron chi connectivity index (χ1n) is 7.72. The Bertz CT molecular complexity index is 804. The van der Waals surface area contributed by atoms with Crippen molar-refractivity contribution in [2.24, 2.45) is 11.8 Å². The van der Waals surface area contributed by atoms with Crippen molar-refractivity contribution in [2.75, 3.05) is 5.32 Å². The van der Waals surface area contributed by atoms with Gasteiger partial charge in [0.25, 0.3) is 0 Å². The fourth-order valence-corrected chi connectivity index (χ4v) is 3.53. The Morgan fingerprint density at radius 2 is 1.83 bits per heavy atom. The molecule has 1 saturated carbocycles. The van der Waals surface area contributed by atoms with E-state index in [1.165, 1.54) is 12.3 Å². The van der Waals surface area contributed by atoms with Gasteiger partial charge in [-0.3, -0.25) is 9.59 Å². The number of aromatic nitrogens is 1. The van der Waals surface area contributed by atoms with Crippen LogP contribution in [0.25, 0.3) is 10.8 Å². The van der Waals surface area contributed by atoms with E-state index in [4.69, 9.17) is 5.11 Å². The van der Waals surface area contributed by atoms with Crippen LogP contribution >= 0.6 is 15.9 Å². The van der Waals surface area contributed by atoms with Gasteiger partial charge in [-0.05, 0) is 49.3 Å². The van der Waals surface area contributed by atoms with Crippen molar-refractivity contribution < 1.29 is 19.1 Å². The number of carboxylic acid groups (broad SMARTS) is 1. The van der Waals surface area contributed by atoms with Crippen LogP contribution in [-0.4, -0.2) is 22.0 Å². The Hall–Kier alpha value is -2.02. The van der Waals surface area contributed by atoms with Gasteiger partial charge in [-0.25, -0.2) is 9.37 Å². The number of carboxylic acids is 1. The third-order valence-corrected chi connectivity index (χ3v) is 4.91. The Morgan fingerprint density at radius 1 is 1.17 bits per heavy atom. The quantitative estimate of drug-likeness (QED) is 0.825. The number of benzene rings is 1. The largest absolute Gasteiger partial charge is 0.481 e. The lowest BCUT2D eigenvalue weighted by Crippen LogP contribution is -2.29. The number of hydrogen-bond acceptors (Lipinski definition) is 3. The molecule has 1 amide bonds. The highest BCUT2D eigenvalue weighted by Crippen LogP contribution is 2.30. The molecule has 0 unspecified atom stereocenters. The monoisotopic (exact) mass is 394 g/mol. The third kappa shape index (κ3) is 3.56. The summed E-state index contributed by atoms with van der Waals surface area (Å²) in [5.41, 5.74) is 0. The first kappa shape index (κ1) is 16.8. The Balaban J connectivity index is 1.71. The number of rotatable bonds is 3. The number of carbonyl (C=O) groups excluding carboxylic acids is 1. The van der Waals surface area contributed by atoms with Crippen molar-refractivity contribution in [3.63, 3.8) is 0 Å². The van der Waals surface area contributed by atoms with Crippen LogP contribution in [0, 0.1) is 17.7 Å². The zero-order valence-electron chi connectivity index (χ0n) is 12.8. The van der Waals surface area contributed by atoms with E-state index in [1.807, 2.05) is 0 Å². The molecule has 1 aromatic carbocycles. The van der Waals surface area contributed by atoms with Crippen LogP contribution in [0.4, 0.5) is 10.2 Å². The number of carbonyl (C=O) groups is 2. The Labute approximate surface area is 146 Å². The highest BCUT2D eigenvalue weighted by Gasteiger charge is 2.29. The molecule has 1 aliphatic rings. The molecule has 2 N–H and O–H groups in total. The summed E-state index contributed by atoms with van der Waals surface area (Å²) in [4.78, 5) is 27.4. The molecule has 1 aromatic heterocycles. The van der Waals surface area contributed by atoms with Gasteiger partial charge in [-0.1, -0.05) is 15.9 Å². The Kier molecular flexibility index (Phi) is 4.80. The van der Waals surface area contributed by atoms with Gasteiger partial charge in [0, 0.05) is 22.0 Å². The number of pyridine rings is 1. The molecule has 0 radical (unpaired) electrons. The summed E-state index contributed by atoms with van der Waals surface area (Å²) in [6.45, 7) is 0. The number of nitrogens with one attached hydrogen (secondary N) is 1. The van der Waals surface area contributed by atoms with Gasteiger partial charge in [0.1, 0.15) is 11.6 Å². The second-order valence-corrected chi connectivity index (χ2v) is 6.97. The van der Waals surface area contributed by atoms with E-state index in [1.54, 1.807) is 12.1 Å². The average molecular weight is 395 g/mol. The lowest BCUT2D eigenvalue weighted by atomic mass is 9.81. The van der Waals surface area contributed by atoms with E-state index >= 15 is 0 Å². The number of nitrogens with zero attached hydrogens (tertiary/aromatic N) is 1. The number of anilines is 1. The molecule has 0 aliphatic heterocycles. The molecule has 3 rings (SSSR count). The van der Waals surface area contributed by atoms with E-state index in [0.717, 1.165) is 0 Å². The summed E-state index contributed by atoms with van der Waals surface area (Å²) in [5, 5.41) is 12.8. The molecule has 1 fully saturated rings. The first-order valence-corrected chi connectivity index (χ1v) is 8.52. The van der Waals surface area contributed by atoms with Crippen LogP contribution in [0.2, 0.25) is 0 Å². The van der Waals surface area contributed by atoms with Gasteiger partial charge in [0.2, 0.25) is 5.91 Å². The van der Waals surface area contributed by atoms with Crippen LogP contribution in [-0.2, 0) is 9.59 Å². The zero-order chi connectivity index (χ0) is 17.3. The van der Waals surface area contributed by atoms with Crippen molar-refractivity contribution >= 4 is 44.4 Å². The van der Waals surface area contributed by atoms with Crippen LogP contribution in [0.15, 0.2) is 28.9 Å². The van der Waals surface area contributed by atoms with E-state index in [0.29, 0.717) is 46.7 Å². The smallest absolute Gasteiger partial charge is 0.306 e. The molecule has 0 atom stereocenters. The van der Waals surface area contributed by atoms with E-state index in [9.17, 15) is 14.0 Å². The Morgan fingerprint density at radius 3 is 2.50 bits per heavy atom. The number of halogens is 2. The number of fused-ring (bicyclic) bond motifs is 1. The molecule has 1 heterocycles. The predicted octanol–water partition coefficient (Wildman–Crippen LogP) is 3.97.